The van der Waals surface area contributed by atoms with Gasteiger partial charge in [-0.05, 0) is 30.5 Å². The highest BCUT2D eigenvalue weighted by molar-refractivity contribution is 7.80. The van der Waals surface area contributed by atoms with Crippen LogP contribution in [-0.2, 0) is 35.2 Å². The maximum atomic E-state index is 13.3. The summed E-state index contributed by atoms with van der Waals surface area (Å²) in [5.41, 5.74) is 11.1. The summed E-state index contributed by atoms with van der Waals surface area (Å²) in [6, 6.07) is 0.451. The van der Waals surface area contributed by atoms with Gasteiger partial charge in [0.2, 0.25) is 29.5 Å². The van der Waals surface area contributed by atoms with E-state index in [2.05, 4.69) is 44.2 Å². The number of guanidine groups is 1. The van der Waals surface area contributed by atoms with Gasteiger partial charge in [0, 0.05) is 18.7 Å². The molecule has 0 radical (unpaired) electrons. The number of phenolic OH excluding ortho intramolecular Hbond substituents is 1. The number of nitrogens with two attached hydrogens (primary N) is 2. The lowest BCUT2D eigenvalue weighted by molar-refractivity contribution is -0.141. The molecular formula is C24H34N8O8S. The molecule has 1 aromatic carbocycles. The molecule has 1 saturated heterocycles. The van der Waals surface area contributed by atoms with Crippen molar-refractivity contribution >= 4 is 54.1 Å². The summed E-state index contributed by atoms with van der Waals surface area (Å²) in [7, 11) is 0. The number of benzene rings is 1. The number of carboxylic acids is 1. The average Bonchev–Trinajstić information content (AvgIpc) is 2.91. The maximum absolute atomic E-state index is 13.3. The fourth-order valence-electron chi connectivity index (χ4n) is 3.78. The number of nitrogens with zero attached hydrogens (tertiary/aromatic N) is 1. The molecule has 0 saturated carbocycles. The van der Waals surface area contributed by atoms with Gasteiger partial charge >= 0.3 is 5.97 Å². The van der Waals surface area contributed by atoms with Gasteiger partial charge in [0.25, 0.3) is 0 Å². The van der Waals surface area contributed by atoms with E-state index in [0.717, 1.165) is 0 Å². The molecule has 41 heavy (non-hydrogen) atoms. The minimum Gasteiger partial charge on any atom is -0.508 e. The monoisotopic (exact) mass is 594 g/mol. The Hall–Kier alpha value is -4.54. The molecule has 0 aromatic heterocycles. The van der Waals surface area contributed by atoms with E-state index in [0.29, 0.717) is 5.56 Å². The minimum absolute atomic E-state index is 0.0311. The smallest absolute Gasteiger partial charge is 0.305 e. The largest absolute Gasteiger partial charge is 0.508 e. The Morgan fingerprint density at radius 2 is 1.46 bits per heavy atom. The normalized spacial score (nSPS) is 22.5. The van der Waals surface area contributed by atoms with Gasteiger partial charge in [-0.25, -0.2) is 0 Å². The fourth-order valence-corrected chi connectivity index (χ4v) is 4.04. The number of hydrogen-bond acceptors (Lipinski definition) is 9. The van der Waals surface area contributed by atoms with E-state index in [1.54, 1.807) is 0 Å². The molecule has 4 atom stereocenters. The highest BCUT2D eigenvalue weighted by atomic mass is 32.1. The van der Waals surface area contributed by atoms with Crippen LogP contribution in [0.25, 0.3) is 0 Å². The SMILES string of the molecule is NC(N)=NCCC[C@@H]1NC(=O)[C@H](CS)NC(=O)[C@H](Cc2ccc(O)cc2)NC(=O)[C@H](CC(=O)O)NC(=O)CNC1=O. The minimum atomic E-state index is -1.59. The summed E-state index contributed by atoms with van der Waals surface area (Å²) in [6.07, 6.45) is -0.589. The van der Waals surface area contributed by atoms with Crippen LogP contribution in [0.15, 0.2) is 29.3 Å². The summed E-state index contributed by atoms with van der Waals surface area (Å²) in [4.78, 5) is 80.0. The summed E-state index contributed by atoms with van der Waals surface area (Å²) < 4.78 is 0. The third-order valence-electron chi connectivity index (χ3n) is 5.86. The standard InChI is InChI=1S/C24H34N8O8S/c25-24(26)27-7-1-2-14-20(37)28-10-18(34)29-16(9-19(35)36)22(39)31-15(8-12-3-5-13(33)6-4-12)21(38)32-17(11-41)23(40)30-14/h3-6,14-17,33,41H,1-2,7-11H2,(H,28,37)(H,29,34)(H,30,40)(H,31,39)(H,32,38)(H,35,36)(H4,25,26,27)/t14-,15-,16-,17-/m0/s1. The number of amides is 5. The van der Waals surface area contributed by atoms with E-state index in [4.69, 9.17) is 11.5 Å². The number of nitrogens with one attached hydrogen (secondary N) is 5. The van der Waals surface area contributed by atoms with E-state index in [1.807, 2.05) is 0 Å². The molecule has 1 aliphatic heterocycles. The first-order valence-electron chi connectivity index (χ1n) is 12.5. The van der Waals surface area contributed by atoms with Gasteiger partial charge in [-0.15, -0.1) is 0 Å². The van der Waals surface area contributed by atoms with Crippen molar-refractivity contribution in [1.82, 2.24) is 26.6 Å². The van der Waals surface area contributed by atoms with Gasteiger partial charge in [-0.1, -0.05) is 12.1 Å². The molecule has 1 aromatic rings. The number of aliphatic imine (C=N–C) groups is 1. The number of carbonyl (C=O) groups is 6. The number of carboxylic acid groups (broad SMARTS) is 1. The predicted octanol–water partition coefficient (Wildman–Crippen LogP) is -3.54. The number of aromatic hydroxyl groups is 1. The molecule has 0 unspecified atom stereocenters. The van der Waals surface area contributed by atoms with Crippen LogP contribution in [0.3, 0.4) is 0 Å². The van der Waals surface area contributed by atoms with Gasteiger partial charge in [0.05, 0.1) is 13.0 Å². The summed E-state index contributed by atoms with van der Waals surface area (Å²) in [5.74, 6) is -5.95. The van der Waals surface area contributed by atoms with Gasteiger partial charge in [-0.2, -0.15) is 12.6 Å². The highest BCUT2D eigenvalue weighted by Crippen LogP contribution is 2.12. The Bertz CT molecular complexity index is 1160. The van der Waals surface area contributed by atoms with Gasteiger partial charge < -0.3 is 48.3 Å². The first kappa shape index (κ1) is 32.7. The van der Waals surface area contributed by atoms with Crippen LogP contribution in [0.4, 0.5) is 0 Å². The van der Waals surface area contributed by atoms with Gasteiger partial charge in [-0.3, -0.25) is 33.8 Å². The molecule has 1 aliphatic rings. The number of hydrogen-bond donors (Lipinski definition) is 10. The van der Waals surface area contributed by atoms with Crippen LogP contribution in [-0.4, -0.2) is 94.7 Å². The van der Waals surface area contributed by atoms with Crippen molar-refractivity contribution < 1.29 is 39.0 Å². The van der Waals surface area contributed by atoms with E-state index >= 15 is 0 Å². The second-order valence-corrected chi connectivity index (χ2v) is 9.49. The number of thiol groups is 1. The first-order chi connectivity index (χ1) is 19.4. The van der Waals surface area contributed by atoms with Crippen LogP contribution < -0.4 is 38.1 Å². The van der Waals surface area contributed by atoms with E-state index in [9.17, 15) is 39.0 Å². The molecule has 16 nitrogen and oxygen atoms in total. The average molecular weight is 595 g/mol. The van der Waals surface area contributed by atoms with Crippen LogP contribution in [0.1, 0.15) is 24.8 Å². The molecule has 5 amide bonds. The third-order valence-corrected chi connectivity index (χ3v) is 6.22. The third kappa shape index (κ3) is 11.2. The number of carbonyl (C=O) groups excluding carboxylic acids is 5. The molecule has 224 valence electrons. The lowest BCUT2D eigenvalue weighted by atomic mass is 10.0. The molecule has 2 rings (SSSR count). The molecule has 1 heterocycles. The Labute approximate surface area is 240 Å². The van der Waals surface area contributed by atoms with E-state index in [1.165, 1.54) is 24.3 Å². The maximum Gasteiger partial charge on any atom is 0.305 e. The number of phenols is 1. The van der Waals surface area contributed by atoms with Crippen molar-refractivity contribution in [3.05, 3.63) is 29.8 Å². The van der Waals surface area contributed by atoms with Crippen molar-refractivity contribution in [2.75, 3.05) is 18.8 Å². The van der Waals surface area contributed by atoms with E-state index in [-0.39, 0.29) is 43.3 Å². The molecule has 0 aliphatic carbocycles. The van der Waals surface area contributed by atoms with Gasteiger partial charge in [0.1, 0.15) is 29.9 Å². The van der Waals surface area contributed by atoms with Crippen molar-refractivity contribution in [1.29, 1.82) is 0 Å². The Kier molecular flexibility index (Phi) is 12.7. The first-order valence-corrected chi connectivity index (χ1v) is 13.2. The zero-order chi connectivity index (χ0) is 30.5. The summed E-state index contributed by atoms with van der Waals surface area (Å²) in [6.45, 7) is -0.481. The van der Waals surface area contributed by atoms with Crippen molar-refractivity contribution in [3.63, 3.8) is 0 Å². The fraction of sp³-hybridized carbons (Fsp3) is 0.458. The summed E-state index contributed by atoms with van der Waals surface area (Å²) >= 11 is 4.14. The molecule has 1 fully saturated rings. The molecule has 17 heteroatoms. The van der Waals surface area contributed by atoms with Crippen LogP contribution in [0.2, 0.25) is 0 Å². The lowest BCUT2D eigenvalue weighted by Crippen LogP contribution is -2.58. The molecule has 0 bridgehead atoms. The molecule has 11 N–H and O–H groups in total. The number of aliphatic carboxylic acids is 1. The quantitative estimate of drug-likeness (QED) is 0.0582. The Morgan fingerprint density at radius 1 is 0.878 bits per heavy atom. The highest BCUT2D eigenvalue weighted by Gasteiger charge is 2.32. The predicted molar refractivity (Wildman–Crippen MR) is 149 cm³/mol. The van der Waals surface area contributed by atoms with Crippen molar-refractivity contribution in [3.8, 4) is 5.75 Å². The molecule has 0 spiro atoms. The van der Waals surface area contributed by atoms with Crippen LogP contribution in [0, 0.1) is 0 Å². The zero-order valence-electron chi connectivity index (χ0n) is 22.0. The Balaban J connectivity index is 2.39. The number of rotatable bonds is 9. The topological polar surface area (TPSA) is 267 Å². The van der Waals surface area contributed by atoms with Crippen molar-refractivity contribution in [2.45, 2.75) is 49.9 Å². The van der Waals surface area contributed by atoms with Crippen LogP contribution >= 0.6 is 12.6 Å². The van der Waals surface area contributed by atoms with Gasteiger partial charge in [0.15, 0.2) is 5.96 Å². The van der Waals surface area contributed by atoms with Crippen LogP contribution in [0.5, 0.6) is 5.75 Å². The van der Waals surface area contributed by atoms with E-state index < -0.39 is 72.6 Å². The Morgan fingerprint density at radius 3 is 2.07 bits per heavy atom. The second kappa shape index (κ2) is 15.9. The second-order valence-electron chi connectivity index (χ2n) is 9.12. The van der Waals surface area contributed by atoms with Crippen molar-refractivity contribution in [2.24, 2.45) is 16.5 Å². The zero-order valence-corrected chi connectivity index (χ0v) is 22.9. The summed E-state index contributed by atoms with van der Waals surface area (Å²) in [5, 5.41) is 30.9. The lowest BCUT2D eigenvalue weighted by Gasteiger charge is -2.25. The molecular weight excluding hydrogens is 560 g/mol.